The van der Waals surface area contributed by atoms with Crippen molar-refractivity contribution in [2.75, 3.05) is 26.2 Å². The van der Waals surface area contributed by atoms with E-state index in [0.29, 0.717) is 12.1 Å². The summed E-state index contributed by atoms with van der Waals surface area (Å²) in [4.78, 5) is 16.8. The number of amides is 1. The van der Waals surface area contributed by atoms with Crippen LogP contribution in [0.3, 0.4) is 0 Å². The molecule has 2 aliphatic heterocycles. The molecule has 2 fully saturated rings. The summed E-state index contributed by atoms with van der Waals surface area (Å²) in [5, 5.41) is 10.0. The fourth-order valence-corrected chi connectivity index (χ4v) is 3.84. The molecule has 0 spiro atoms. The molecule has 1 N–H and O–H groups in total. The molecule has 4 atom stereocenters. The average Bonchev–Trinajstić information content (AvgIpc) is 2.56. The molecule has 25 heavy (non-hydrogen) atoms. The van der Waals surface area contributed by atoms with E-state index < -0.39 is 6.10 Å². The molecule has 138 valence electrons. The summed E-state index contributed by atoms with van der Waals surface area (Å²) in [6, 6.07) is 7.91. The predicted octanol–water partition coefficient (Wildman–Crippen LogP) is 2.14. The van der Waals surface area contributed by atoms with Crippen molar-refractivity contribution in [2.45, 2.75) is 52.0 Å². The van der Waals surface area contributed by atoms with Gasteiger partial charge in [0.15, 0.2) is 0 Å². The number of morpholine rings is 1. The van der Waals surface area contributed by atoms with Crippen LogP contribution in [-0.2, 0) is 11.3 Å². The third kappa shape index (κ3) is 4.60. The second kappa shape index (κ2) is 7.85. The van der Waals surface area contributed by atoms with Crippen LogP contribution in [0.2, 0.25) is 0 Å². The Balaban J connectivity index is 1.59. The summed E-state index contributed by atoms with van der Waals surface area (Å²) in [7, 11) is 0. The van der Waals surface area contributed by atoms with Crippen molar-refractivity contribution in [1.82, 2.24) is 9.80 Å². The van der Waals surface area contributed by atoms with Crippen molar-refractivity contribution < 1.29 is 14.6 Å². The zero-order chi connectivity index (χ0) is 18.0. The van der Waals surface area contributed by atoms with E-state index in [1.807, 2.05) is 31.2 Å². The Hall–Kier alpha value is -1.43. The number of β-amino-alcohol motifs (C(OH)–C–C–N with tert-alkyl or cyclic N) is 1. The maximum atomic E-state index is 12.6. The van der Waals surface area contributed by atoms with Crippen LogP contribution in [0.15, 0.2) is 24.3 Å². The van der Waals surface area contributed by atoms with E-state index >= 15 is 0 Å². The Bertz CT molecular complexity index is 579. The van der Waals surface area contributed by atoms with Crippen LogP contribution in [0, 0.1) is 5.92 Å². The first kappa shape index (κ1) is 18.4. The molecule has 2 saturated heterocycles. The van der Waals surface area contributed by atoms with Crippen LogP contribution in [-0.4, -0.2) is 65.3 Å². The molecule has 4 unspecified atom stereocenters. The molecule has 1 aromatic rings. The van der Waals surface area contributed by atoms with Crippen molar-refractivity contribution in [1.29, 1.82) is 0 Å². The molecule has 1 amide bonds. The van der Waals surface area contributed by atoms with Crippen molar-refractivity contribution in [3.05, 3.63) is 35.4 Å². The summed E-state index contributed by atoms with van der Waals surface area (Å²) in [5.41, 5.74) is 1.92. The van der Waals surface area contributed by atoms with Crippen LogP contribution in [0.5, 0.6) is 0 Å². The normalized spacial score (nSPS) is 31.1. The number of hydrogen-bond donors (Lipinski definition) is 1. The molecule has 2 aliphatic rings. The molecule has 0 radical (unpaired) electrons. The largest absolute Gasteiger partial charge is 0.391 e. The zero-order valence-electron chi connectivity index (χ0n) is 15.5. The number of piperidine rings is 1. The molecule has 5 nitrogen and oxygen atoms in total. The van der Waals surface area contributed by atoms with E-state index in [4.69, 9.17) is 4.74 Å². The van der Waals surface area contributed by atoms with Gasteiger partial charge in [0, 0.05) is 38.3 Å². The minimum Gasteiger partial charge on any atom is -0.391 e. The van der Waals surface area contributed by atoms with E-state index in [9.17, 15) is 9.90 Å². The number of carbonyl (C=O) groups excluding carboxylic acids is 1. The van der Waals surface area contributed by atoms with Gasteiger partial charge in [-0.2, -0.15) is 0 Å². The molecule has 3 rings (SSSR count). The number of benzene rings is 1. The van der Waals surface area contributed by atoms with Crippen LogP contribution >= 0.6 is 0 Å². The highest BCUT2D eigenvalue weighted by Crippen LogP contribution is 2.20. The standard InChI is InChI=1S/C20H30N2O3/c1-14-8-9-22(13-19(14)23)20(24)18-6-4-17(5-7-18)12-21-10-15(2)25-16(3)11-21/h4-7,14-16,19,23H,8-13H2,1-3H3. The Labute approximate surface area is 150 Å². The highest BCUT2D eigenvalue weighted by molar-refractivity contribution is 5.94. The number of ether oxygens (including phenoxy) is 1. The fraction of sp³-hybridized carbons (Fsp3) is 0.650. The second-order valence-electron chi connectivity index (χ2n) is 7.73. The number of likely N-dealkylation sites (tertiary alicyclic amines) is 1. The highest BCUT2D eigenvalue weighted by Gasteiger charge is 2.28. The first-order chi connectivity index (χ1) is 11.9. The van der Waals surface area contributed by atoms with E-state index in [0.717, 1.165) is 32.6 Å². The molecule has 1 aromatic carbocycles. The first-order valence-electron chi connectivity index (χ1n) is 9.36. The Morgan fingerprint density at radius 2 is 1.76 bits per heavy atom. The number of carbonyl (C=O) groups is 1. The summed E-state index contributed by atoms with van der Waals surface area (Å²) < 4.78 is 5.78. The summed E-state index contributed by atoms with van der Waals surface area (Å²) in [6.07, 6.45) is 0.968. The summed E-state index contributed by atoms with van der Waals surface area (Å²) in [5.74, 6) is 0.288. The zero-order valence-corrected chi connectivity index (χ0v) is 15.5. The van der Waals surface area contributed by atoms with Gasteiger partial charge >= 0.3 is 0 Å². The van der Waals surface area contributed by atoms with Crippen molar-refractivity contribution >= 4 is 5.91 Å². The third-order valence-electron chi connectivity index (χ3n) is 5.31. The van der Waals surface area contributed by atoms with Gasteiger partial charge in [-0.15, -0.1) is 0 Å². The lowest BCUT2D eigenvalue weighted by molar-refractivity contribution is -0.0704. The number of aliphatic hydroxyl groups excluding tert-OH is 1. The van der Waals surface area contributed by atoms with Crippen LogP contribution in [0.25, 0.3) is 0 Å². The molecule has 2 heterocycles. The number of aliphatic hydroxyl groups is 1. The first-order valence-corrected chi connectivity index (χ1v) is 9.36. The van der Waals surface area contributed by atoms with Crippen LogP contribution in [0.1, 0.15) is 43.1 Å². The lowest BCUT2D eigenvalue weighted by atomic mass is 9.95. The van der Waals surface area contributed by atoms with Gasteiger partial charge in [-0.05, 0) is 43.9 Å². The Morgan fingerprint density at radius 3 is 2.36 bits per heavy atom. The maximum absolute atomic E-state index is 12.6. The molecule has 5 heteroatoms. The van der Waals surface area contributed by atoms with Gasteiger partial charge in [0.05, 0.1) is 18.3 Å². The highest BCUT2D eigenvalue weighted by atomic mass is 16.5. The second-order valence-corrected chi connectivity index (χ2v) is 7.73. The van der Waals surface area contributed by atoms with E-state index in [1.165, 1.54) is 5.56 Å². The topological polar surface area (TPSA) is 53.0 Å². The van der Waals surface area contributed by atoms with Gasteiger partial charge in [0.2, 0.25) is 0 Å². The van der Waals surface area contributed by atoms with Gasteiger partial charge in [-0.1, -0.05) is 19.1 Å². The quantitative estimate of drug-likeness (QED) is 0.911. The molecule has 0 bridgehead atoms. The summed E-state index contributed by atoms with van der Waals surface area (Å²) >= 11 is 0. The third-order valence-corrected chi connectivity index (χ3v) is 5.31. The lowest BCUT2D eigenvalue weighted by Crippen LogP contribution is -2.45. The minimum absolute atomic E-state index is 0.0196. The molecule has 0 aliphatic carbocycles. The van der Waals surface area contributed by atoms with Gasteiger partial charge in [-0.25, -0.2) is 0 Å². The van der Waals surface area contributed by atoms with E-state index in [2.05, 4.69) is 18.7 Å². The Morgan fingerprint density at radius 1 is 1.12 bits per heavy atom. The van der Waals surface area contributed by atoms with Gasteiger partial charge in [-0.3, -0.25) is 9.69 Å². The Kier molecular flexibility index (Phi) is 5.77. The van der Waals surface area contributed by atoms with E-state index in [1.54, 1.807) is 4.90 Å². The smallest absolute Gasteiger partial charge is 0.253 e. The SMILES string of the molecule is CC1CN(Cc2ccc(C(=O)N3CCC(C)C(O)C3)cc2)CC(C)O1. The van der Waals surface area contributed by atoms with Crippen molar-refractivity contribution in [3.8, 4) is 0 Å². The van der Waals surface area contributed by atoms with Crippen LogP contribution in [0.4, 0.5) is 0 Å². The van der Waals surface area contributed by atoms with Crippen molar-refractivity contribution in [3.63, 3.8) is 0 Å². The van der Waals surface area contributed by atoms with E-state index in [-0.39, 0.29) is 24.0 Å². The lowest BCUT2D eigenvalue weighted by Gasteiger charge is -2.35. The molecule has 0 saturated carbocycles. The van der Waals surface area contributed by atoms with Gasteiger partial charge in [0.25, 0.3) is 5.91 Å². The number of nitrogens with zero attached hydrogens (tertiary/aromatic N) is 2. The minimum atomic E-state index is -0.415. The number of hydrogen-bond acceptors (Lipinski definition) is 4. The van der Waals surface area contributed by atoms with Gasteiger partial charge < -0.3 is 14.7 Å². The average molecular weight is 346 g/mol. The maximum Gasteiger partial charge on any atom is 0.253 e. The summed E-state index contributed by atoms with van der Waals surface area (Å²) in [6.45, 7) is 10.2. The molecular formula is C20H30N2O3. The fourth-order valence-electron chi connectivity index (χ4n) is 3.84. The van der Waals surface area contributed by atoms with Crippen molar-refractivity contribution in [2.24, 2.45) is 5.92 Å². The van der Waals surface area contributed by atoms with Crippen LogP contribution < -0.4 is 0 Å². The van der Waals surface area contributed by atoms with Gasteiger partial charge in [0.1, 0.15) is 0 Å². The monoisotopic (exact) mass is 346 g/mol. The predicted molar refractivity (Wildman–Crippen MR) is 97.4 cm³/mol. The molecule has 0 aromatic heterocycles. The molecular weight excluding hydrogens is 316 g/mol. The number of rotatable bonds is 3.